The molecule has 3 aromatic rings. The maximum atomic E-state index is 14.9. The lowest BCUT2D eigenvalue weighted by atomic mass is 9.91. The molecule has 0 fully saturated rings. The Morgan fingerprint density at radius 3 is 2.32 bits per heavy atom. The van der Waals surface area contributed by atoms with Gasteiger partial charge in [-0.3, -0.25) is 9.77 Å². The second kappa shape index (κ2) is 9.94. The lowest BCUT2D eigenvalue weighted by molar-refractivity contribution is -0.192. The number of aliphatic carboxylic acids is 1. The molecule has 0 amide bonds. The van der Waals surface area contributed by atoms with Crippen LogP contribution in [0.25, 0.3) is 22.8 Å². The summed E-state index contributed by atoms with van der Waals surface area (Å²) in [5, 5.41) is 11.5. The van der Waals surface area contributed by atoms with Gasteiger partial charge in [-0.05, 0) is 39.0 Å². The van der Waals surface area contributed by atoms with Crippen LogP contribution in [0.3, 0.4) is 0 Å². The van der Waals surface area contributed by atoms with Crippen molar-refractivity contribution in [1.29, 1.82) is 4.78 Å². The lowest BCUT2D eigenvalue weighted by Gasteiger charge is -2.39. The summed E-state index contributed by atoms with van der Waals surface area (Å²) in [4.78, 5) is 21.6. The first kappa shape index (κ1) is 29.0. The molecule has 0 saturated carbocycles. The molecule has 0 spiro atoms. The molecular weight excluding hydrogens is 556 g/mol. The summed E-state index contributed by atoms with van der Waals surface area (Å²) >= 11 is 5.81. The van der Waals surface area contributed by atoms with Gasteiger partial charge in [0.2, 0.25) is 0 Å². The number of aliphatic imine (C=N–C) groups is 1. The Morgan fingerprint density at radius 2 is 1.79 bits per heavy atom. The molecule has 0 aliphatic carbocycles. The number of carboxylic acid groups (broad SMARTS) is 1. The molecule has 1 aromatic carbocycles. The third-order valence-corrected chi connectivity index (χ3v) is 8.75. The third-order valence-electron chi connectivity index (χ3n) is 5.73. The molecule has 16 heteroatoms. The zero-order valence-electron chi connectivity index (χ0n) is 20.0. The van der Waals surface area contributed by atoms with Crippen LogP contribution in [0.5, 0.6) is 0 Å². The molecule has 0 bridgehead atoms. The maximum absolute atomic E-state index is 14.9. The number of benzene rings is 1. The summed E-state index contributed by atoms with van der Waals surface area (Å²) in [5.74, 6) is -2.71. The SMILES string of the molecule is CC1(C)C(N)=N[C@](C)(c2cc(-c3cc(-c4ncc(Cl)cn4)no3)ccc2F)CS1(=N)=O.O=C(O)C(F)(F)F. The third kappa shape index (κ3) is 5.78. The van der Waals surface area contributed by atoms with Crippen molar-refractivity contribution in [1.82, 2.24) is 15.1 Å². The maximum Gasteiger partial charge on any atom is 0.490 e. The quantitative estimate of drug-likeness (QED) is 0.379. The van der Waals surface area contributed by atoms with Crippen LogP contribution in [0.4, 0.5) is 17.6 Å². The minimum Gasteiger partial charge on any atom is -0.475 e. The van der Waals surface area contributed by atoms with Crippen molar-refractivity contribution in [2.75, 3.05) is 5.75 Å². The first-order valence-corrected chi connectivity index (χ1v) is 12.6. The number of rotatable bonds is 3. The van der Waals surface area contributed by atoms with Gasteiger partial charge < -0.3 is 15.4 Å². The lowest BCUT2D eigenvalue weighted by Crippen LogP contribution is -2.54. The Balaban J connectivity index is 0.000000505. The number of nitrogens with one attached hydrogen (secondary N) is 1. The molecule has 1 aliphatic rings. The van der Waals surface area contributed by atoms with Crippen LogP contribution < -0.4 is 5.73 Å². The van der Waals surface area contributed by atoms with E-state index in [2.05, 4.69) is 20.1 Å². The number of halogens is 5. The topological polar surface area (TPSA) is 168 Å². The number of carboxylic acids is 1. The van der Waals surface area contributed by atoms with E-state index in [9.17, 15) is 21.8 Å². The van der Waals surface area contributed by atoms with E-state index in [4.69, 9.17) is 36.5 Å². The molecule has 1 aliphatic heterocycles. The van der Waals surface area contributed by atoms with Crippen molar-refractivity contribution in [3.63, 3.8) is 0 Å². The molecule has 204 valence electrons. The highest BCUT2D eigenvalue weighted by molar-refractivity contribution is 7.94. The number of nitrogens with two attached hydrogens (primary N) is 1. The van der Waals surface area contributed by atoms with E-state index in [0.29, 0.717) is 27.9 Å². The van der Waals surface area contributed by atoms with Crippen LogP contribution in [0, 0.1) is 10.6 Å². The van der Waals surface area contributed by atoms with Crippen LogP contribution in [0.15, 0.2) is 46.2 Å². The Labute approximate surface area is 218 Å². The zero-order chi connectivity index (χ0) is 28.7. The van der Waals surface area contributed by atoms with E-state index in [1.54, 1.807) is 32.9 Å². The van der Waals surface area contributed by atoms with E-state index in [1.807, 2.05) is 0 Å². The van der Waals surface area contributed by atoms with Gasteiger partial charge in [-0.25, -0.2) is 23.4 Å². The van der Waals surface area contributed by atoms with Gasteiger partial charge >= 0.3 is 12.1 Å². The Bertz CT molecular complexity index is 1510. The predicted molar refractivity (Wildman–Crippen MR) is 130 cm³/mol. The number of hydrogen-bond acceptors (Lipinski definition) is 9. The molecule has 4 rings (SSSR count). The van der Waals surface area contributed by atoms with Crippen LogP contribution in [0.1, 0.15) is 26.3 Å². The van der Waals surface area contributed by atoms with Crippen LogP contribution >= 0.6 is 11.6 Å². The smallest absolute Gasteiger partial charge is 0.475 e. The minimum atomic E-state index is -5.08. The van der Waals surface area contributed by atoms with Gasteiger partial charge in [0.05, 0.1) is 20.5 Å². The second-order valence-corrected chi connectivity index (χ2v) is 12.0. The molecule has 10 nitrogen and oxygen atoms in total. The van der Waals surface area contributed by atoms with Crippen LogP contribution in [-0.4, -0.2) is 52.9 Å². The molecule has 0 saturated heterocycles. The normalized spacial score (nSPS) is 22.7. The van der Waals surface area contributed by atoms with Crippen molar-refractivity contribution in [2.24, 2.45) is 10.7 Å². The van der Waals surface area contributed by atoms with Crippen LogP contribution in [-0.2, 0) is 20.1 Å². The zero-order valence-corrected chi connectivity index (χ0v) is 21.6. The van der Waals surface area contributed by atoms with Gasteiger partial charge in [-0.2, -0.15) is 13.2 Å². The van der Waals surface area contributed by atoms with Gasteiger partial charge in [0, 0.05) is 29.6 Å². The summed E-state index contributed by atoms with van der Waals surface area (Å²) in [5.41, 5.74) is 5.88. The monoisotopic (exact) mass is 576 g/mol. The number of hydrogen-bond donors (Lipinski definition) is 3. The molecule has 0 radical (unpaired) electrons. The van der Waals surface area contributed by atoms with Crippen molar-refractivity contribution in [3.8, 4) is 22.8 Å². The molecule has 3 heterocycles. The van der Waals surface area contributed by atoms with Gasteiger partial charge in [0.1, 0.15) is 21.9 Å². The van der Waals surface area contributed by atoms with E-state index >= 15 is 0 Å². The highest BCUT2D eigenvalue weighted by Crippen LogP contribution is 2.39. The summed E-state index contributed by atoms with van der Waals surface area (Å²) in [6, 6.07) is 5.98. The molecule has 1 unspecified atom stereocenters. The van der Waals surface area contributed by atoms with E-state index in [-0.39, 0.29) is 17.2 Å². The summed E-state index contributed by atoms with van der Waals surface area (Å²) in [6.07, 6.45) is -2.19. The highest BCUT2D eigenvalue weighted by atomic mass is 35.5. The first-order valence-electron chi connectivity index (χ1n) is 10.5. The molecule has 2 atom stereocenters. The fourth-order valence-corrected chi connectivity index (χ4v) is 5.22. The van der Waals surface area contributed by atoms with Crippen molar-refractivity contribution in [3.05, 3.63) is 53.1 Å². The van der Waals surface area contributed by atoms with Gasteiger partial charge in [-0.15, -0.1) is 0 Å². The molecule has 2 aromatic heterocycles. The Hall–Kier alpha value is -3.59. The number of alkyl halides is 3. The van der Waals surface area contributed by atoms with Crippen molar-refractivity contribution >= 4 is 33.1 Å². The number of aromatic nitrogens is 3. The largest absolute Gasteiger partial charge is 0.490 e. The molecular formula is C22H21ClF4N6O4S. The second-order valence-electron chi connectivity index (χ2n) is 8.90. The Kier molecular flexibility index (Phi) is 7.58. The number of amidine groups is 1. The van der Waals surface area contributed by atoms with Gasteiger partial charge in [-0.1, -0.05) is 16.8 Å². The average Bonchev–Trinajstić information content (AvgIpc) is 3.28. The van der Waals surface area contributed by atoms with E-state index in [0.717, 1.165) is 0 Å². The number of carbonyl (C=O) groups is 1. The predicted octanol–water partition coefficient (Wildman–Crippen LogP) is 4.64. The Morgan fingerprint density at radius 1 is 1.21 bits per heavy atom. The summed E-state index contributed by atoms with van der Waals surface area (Å²) in [6.45, 7) is 4.85. The van der Waals surface area contributed by atoms with Gasteiger partial charge in [0.15, 0.2) is 17.3 Å². The van der Waals surface area contributed by atoms with Gasteiger partial charge in [0.25, 0.3) is 0 Å². The summed E-state index contributed by atoms with van der Waals surface area (Å²) in [7, 11) is -3.18. The highest BCUT2D eigenvalue weighted by Gasteiger charge is 2.47. The fraction of sp³-hybridized carbons (Fsp3) is 0.318. The first-order chi connectivity index (χ1) is 17.4. The van der Waals surface area contributed by atoms with Crippen molar-refractivity contribution in [2.45, 2.75) is 37.2 Å². The fourth-order valence-electron chi connectivity index (χ4n) is 3.37. The molecule has 4 N–H and O–H groups in total. The van der Waals surface area contributed by atoms with E-state index in [1.165, 1.54) is 24.5 Å². The van der Waals surface area contributed by atoms with Crippen LogP contribution in [0.2, 0.25) is 5.02 Å². The minimum absolute atomic E-state index is 0.0629. The standard InChI is InChI=1S/C20H20ClFN6O2S.C2HF3O2/c1-19(2)18(23)27-20(3,10-31(19,24)29)13-6-11(4-5-14(13)22)16-7-15(28-30-16)17-25-8-12(21)9-26-17;3-2(4,5)1(6)7/h4-9,24H,10H2,1-3H3,(H2,23,27);(H,6,7)/t20-,31?;/m0./s1. The van der Waals surface area contributed by atoms with E-state index < -0.39 is 38.0 Å². The van der Waals surface area contributed by atoms with Crippen molar-refractivity contribution < 1.29 is 36.2 Å². The number of nitrogens with zero attached hydrogens (tertiary/aromatic N) is 4. The molecule has 38 heavy (non-hydrogen) atoms. The summed E-state index contributed by atoms with van der Waals surface area (Å²) < 4.78 is 72.3. The average molecular weight is 577 g/mol.